The van der Waals surface area contributed by atoms with Crippen molar-refractivity contribution in [2.75, 3.05) is 0 Å². The molecule has 0 fully saturated rings. The SMILES string of the molecule is Cc1ccc2c(oc3c(-c4cc5ccccc5c5ccccc45)cccc32)c1-c1cc(C(C)(C)C)cc[n+]1C. The first-order valence-electron chi connectivity index (χ1n) is 13.7. The molecule has 2 heteroatoms. The van der Waals surface area contributed by atoms with Gasteiger partial charge in [0.15, 0.2) is 6.20 Å². The zero-order valence-corrected chi connectivity index (χ0v) is 23.2. The van der Waals surface area contributed by atoms with Crippen molar-refractivity contribution in [3.63, 3.8) is 0 Å². The first kappa shape index (κ1) is 23.7. The number of furan rings is 1. The molecule has 0 atom stereocenters. The molecule has 0 spiro atoms. The average molecular weight is 507 g/mol. The molecule has 0 saturated heterocycles. The van der Waals surface area contributed by atoms with E-state index in [1.165, 1.54) is 43.9 Å². The van der Waals surface area contributed by atoms with Gasteiger partial charge < -0.3 is 4.42 Å². The van der Waals surface area contributed by atoms with Gasteiger partial charge in [0.05, 0.1) is 5.56 Å². The van der Waals surface area contributed by atoms with Crippen LogP contribution in [0.25, 0.3) is 65.9 Å². The highest BCUT2D eigenvalue weighted by Crippen LogP contribution is 2.43. The minimum atomic E-state index is 0.0585. The number of rotatable bonds is 2. The number of fused-ring (bicyclic) bond motifs is 6. The zero-order chi connectivity index (χ0) is 26.9. The van der Waals surface area contributed by atoms with Crippen molar-refractivity contribution in [2.45, 2.75) is 33.1 Å². The Morgan fingerprint density at radius 1 is 0.615 bits per heavy atom. The summed E-state index contributed by atoms with van der Waals surface area (Å²) in [7, 11) is 2.12. The van der Waals surface area contributed by atoms with Crippen LogP contribution < -0.4 is 4.57 Å². The van der Waals surface area contributed by atoms with Gasteiger partial charge in [-0.2, -0.15) is 0 Å². The minimum absolute atomic E-state index is 0.0585. The van der Waals surface area contributed by atoms with Gasteiger partial charge in [-0.15, -0.1) is 0 Å². The van der Waals surface area contributed by atoms with Crippen molar-refractivity contribution in [3.8, 4) is 22.4 Å². The van der Waals surface area contributed by atoms with E-state index in [1.54, 1.807) is 0 Å². The van der Waals surface area contributed by atoms with E-state index in [9.17, 15) is 0 Å². The standard InChI is InChI=1S/C37H32NO/c1-23-17-18-31-29-15-10-16-30(32-21-24-11-6-7-12-26(24)27-13-8-9-14-28(27)32)35(29)39-36(31)34(23)33-22-25(37(2,3)4)19-20-38(33)5/h6-22H,1-5H3/q+1. The monoisotopic (exact) mass is 506 g/mol. The molecule has 7 rings (SSSR count). The molecular formula is C37H32NO+. The van der Waals surface area contributed by atoms with E-state index in [0.717, 1.165) is 33.1 Å². The third-order valence-corrected chi connectivity index (χ3v) is 8.21. The van der Waals surface area contributed by atoms with Gasteiger partial charge in [-0.05, 0) is 56.6 Å². The van der Waals surface area contributed by atoms with Crippen molar-refractivity contribution >= 4 is 43.5 Å². The molecular weight excluding hydrogens is 474 g/mol. The maximum atomic E-state index is 6.93. The Morgan fingerprint density at radius 3 is 2.10 bits per heavy atom. The minimum Gasteiger partial charge on any atom is -0.454 e. The second kappa shape index (κ2) is 8.54. The predicted molar refractivity (Wildman–Crippen MR) is 164 cm³/mol. The Bertz CT molecular complexity index is 2070. The smallest absolute Gasteiger partial charge is 0.216 e. The number of hydrogen-bond acceptors (Lipinski definition) is 1. The fraction of sp³-hybridized carbons (Fsp3) is 0.162. The maximum absolute atomic E-state index is 6.93. The van der Waals surface area contributed by atoms with E-state index in [-0.39, 0.29) is 5.41 Å². The third kappa shape index (κ3) is 3.66. The highest BCUT2D eigenvalue weighted by Gasteiger charge is 2.25. The third-order valence-electron chi connectivity index (χ3n) is 8.21. The molecule has 2 nitrogen and oxygen atoms in total. The Labute approximate surface area is 229 Å². The summed E-state index contributed by atoms with van der Waals surface area (Å²) in [6.07, 6.45) is 2.17. The highest BCUT2D eigenvalue weighted by molar-refractivity contribution is 6.18. The summed E-state index contributed by atoms with van der Waals surface area (Å²) >= 11 is 0. The number of nitrogens with zero attached hydrogens (tertiary/aromatic N) is 1. The van der Waals surface area contributed by atoms with E-state index in [2.05, 4.69) is 143 Å². The van der Waals surface area contributed by atoms with Gasteiger partial charge in [-0.3, -0.25) is 0 Å². The molecule has 0 aliphatic heterocycles. The van der Waals surface area contributed by atoms with Crippen LogP contribution in [0.3, 0.4) is 0 Å². The summed E-state index contributed by atoms with van der Waals surface area (Å²) in [6.45, 7) is 8.98. The number of benzene rings is 5. The van der Waals surface area contributed by atoms with Crippen molar-refractivity contribution in [1.82, 2.24) is 0 Å². The molecule has 0 N–H and O–H groups in total. The van der Waals surface area contributed by atoms with Crippen molar-refractivity contribution in [1.29, 1.82) is 0 Å². The van der Waals surface area contributed by atoms with Gasteiger partial charge in [0, 0.05) is 28.5 Å². The lowest BCUT2D eigenvalue weighted by Gasteiger charge is -2.19. The molecule has 2 aromatic heterocycles. The Kier molecular flexibility index (Phi) is 5.18. The summed E-state index contributed by atoms with van der Waals surface area (Å²) in [5.74, 6) is 0. The van der Waals surface area contributed by atoms with E-state index in [0.29, 0.717) is 0 Å². The fourth-order valence-electron chi connectivity index (χ4n) is 6.05. The normalized spacial score (nSPS) is 12.2. The van der Waals surface area contributed by atoms with Crippen molar-refractivity contribution in [3.05, 3.63) is 114 Å². The van der Waals surface area contributed by atoms with Crippen LogP contribution in [0.1, 0.15) is 31.9 Å². The van der Waals surface area contributed by atoms with Crippen molar-refractivity contribution < 1.29 is 8.98 Å². The molecule has 0 unspecified atom stereocenters. The largest absolute Gasteiger partial charge is 0.454 e. The van der Waals surface area contributed by atoms with Crippen molar-refractivity contribution in [2.24, 2.45) is 7.05 Å². The maximum Gasteiger partial charge on any atom is 0.216 e. The van der Waals surface area contributed by atoms with Crippen LogP contribution >= 0.6 is 0 Å². The van der Waals surface area contributed by atoms with Crippen LogP contribution in [0, 0.1) is 6.92 Å². The van der Waals surface area contributed by atoms with E-state index in [4.69, 9.17) is 4.42 Å². The first-order valence-corrected chi connectivity index (χ1v) is 13.7. The van der Waals surface area contributed by atoms with Gasteiger partial charge in [0.2, 0.25) is 5.69 Å². The molecule has 7 aromatic rings. The van der Waals surface area contributed by atoms with Gasteiger partial charge in [-0.25, -0.2) is 4.57 Å². The molecule has 190 valence electrons. The van der Waals surface area contributed by atoms with Gasteiger partial charge >= 0.3 is 0 Å². The van der Waals surface area contributed by atoms with Gasteiger partial charge in [-0.1, -0.05) is 99.6 Å². The molecule has 0 radical (unpaired) electrons. The van der Waals surface area contributed by atoms with Gasteiger partial charge in [0.25, 0.3) is 0 Å². The molecule has 0 amide bonds. The topological polar surface area (TPSA) is 17.0 Å². The first-order chi connectivity index (χ1) is 18.8. The summed E-state index contributed by atoms with van der Waals surface area (Å²) in [4.78, 5) is 0. The lowest BCUT2D eigenvalue weighted by atomic mass is 9.86. The van der Waals surface area contributed by atoms with E-state index < -0.39 is 0 Å². The number of aryl methyl sites for hydroxylation is 2. The van der Waals surface area contributed by atoms with Crippen LogP contribution in [0.5, 0.6) is 0 Å². The summed E-state index contributed by atoms with van der Waals surface area (Å²) < 4.78 is 9.14. The Morgan fingerprint density at radius 2 is 1.31 bits per heavy atom. The highest BCUT2D eigenvalue weighted by atomic mass is 16.3. The quantitative estimate of drug-likeness (QED) is 0.168. The van der Waals surface area contributed by atoms with E-state index >= 15 is 0 Å². The number of hydrogen-bond donors (Lipinski definition) is 0. The van der Waals surface area contributed by atoms with Crippen LogP contribution in [0.2, 0.25) is 0 Å². The summed E-state index contributed by atoms with van der Waals surface area (Å²) in [6, 6.07) is 35.2. The second-order valence-electron chi connectivity index (χ2n) is 11.8. The second-order valence-corrected chi connectivity index (χ2v) is 11.8. The van der Waals surface area contributed by atoms with Crippen LogP contribution in [0.15, 0.2) is 108 Å². The van der Waals surface area contributed by atoms with Crippen LogP contribution in [-0.2, 0) is 12.5 Å². The molecule has 0 aliphatic rings. The van der Waals surface area contributed by atoms with Crippen LogP contribution in [0.4, 0.5) is 0 Å². The van der Waals surface area contributed by atoms with E-state index in [1.807, 2.05) is 0 Å². The lowest BCUT2D eigenvalue weighted by molar-refractivity contribution is -0.660. The zero-order valence-electron chi connectivity index (χ0n) is 23.2. The Balaban J connectivity index is 1.56. The molecule has 0 bridgehead atoms. The predicted octanol–water partition coefficient (Wildman–Crippen LogP) is 9.66. The molecule has 0 saturated carbocycles. The number of para-hydroxylation sites is 1. The Hall–Kier alpha value is -4.43. The summed E-state index contributed by atoms with van der Waals surface area (Å²) in [5, 5.41) is 7.32. The lowest BCUT2D eigenvalue weighted by Crippen LogP contribution is -2.32. The number of pyridine rings is 1. The molecule has 0 aliphatic carbocycles. The summed E-state index contributed by atoms with van der Waals surface area (Å²) in [5.41, 5.74) is 9.12. The molecule has 2 heterocycles. The van der Waals surface area contributed by atoms with Gasteiger partial charge in [0.1, 0.15) is 18.2 Å². The average Bonchev–Trinajstić information content (AvgIpc) is 3.31. The van der Waals surface area contributed by atoms with Crippen LogP contribution in [-0.4, -0.2) is 0 Å². The molecule has 5 aromatic carbocycles. The fourth-order valence-corrected chi connectivity index (χ4v) is 6.05. The molecule has 39 heavy (non-hydrogen) atoms. The number of aromatic nitrogens is 1.